The van der Waals surface area contributed by atoms with E-state index < -0.39 is 0 Å². The summed E-state index contributed by atoms with van der Waals surface area (Å²) in [6, 6.07) is 7.45. The summed E-state index contributed by atoms with van der Waals surface area (Å²) < 4.78 is 0. The summed E-state index contributed by atoms with van der Waals surface area (Å²) >= 11 is 0. The van der Waals surface area contributed by atoms with Crippen LogP contribution in [0.25, 0.3) is 0 Å². The maximum Gasteiger partial charge on any atom is 0.238 e. The van der Waals surface area contributed by atoms with Gasteiger partial charge in [0.15, 0.2) is 0 Å². The van der Waals surface area contributed by atoms with Gasteiger partial charge in [-0.1, -0.05) is 17.7 Å². The molecule has 4 nitrogen and oxygen atoms in total. The van der Waals surface area contributed by atoms with Crippen molar-refractivity contribution in [1.29, 1.82) is 0 Å². The lowest BCUT2D eigenvalue weighted by molar-refractivity contribution is -0.118. The van der Waals surface area contributed by atoms with Crippen molar-refractivity contribution in [3.8, 4) is 0 Å². The molecule has 2 aliphatic rings. The van der Waals surface area contributed by atoms with Gasteiger partial charge in [0.05, 0.1) is 6.54 Å². The van der Waals surface area contributed by atoms with E-state index in [1.165, 1.54) is 18.4 Å². The van der Waals surface area contributed by atoms with Crippen LogP contribution in [0.15, 0.2) is 18.2 Å². The second kappa shape index (κ2) is 5.78. The number of amides is 1. The van der Waals surface area contributed by atoms with Gasteiger partial charge in [0.25, 0.3) is 0 Å². The molecule has 2 saturated heterocycles. The van der Waals surface area contributed by atoms with E-state index in [9.17, 15) is 4.79 Å². The summed E-state index contributed by atoms with van der Waals surface area (Å²) in [5, 5.41) is 3.05. The zero-order valence-corrected chi connectivity index (χ0v) is 12.9. The number of benzene rings is 1. The highest BCUT2D eigenvalue weighted by Crippen LogP contribution is 2.34. The van der Waals surface area contributed by atoms with Gasteiger partial charge in [-0.2, -0.15) is 0 Å². The second-order valence-corrected chi connectivity index (χ2v) is 6.66. The fourth-order valence-corrected chi connectivity index (χ4v) is 3.88. The van der Waals surface area contributed by atoms with Gasteiger partial charge in [-0.3, -0.25) is 9.69 Å². The van der Waals surface area contributed by atoms with Gasteiger partial charge in [-0.05, 0) is 51.2 Å². The third kappa shape index (κ3) is 3.11. The minimum Gasteiger partial charge on any atom is -0.328 e. The Hall–Kier alpha value is -1.39. The largest absolute Gasteiger partial charge is 0.328 e. The van der Waals surface area contributed by atoms with Crippen molar-refractivity contribution in [3.63, 3.8) is 0 Å². The minimum atomic E-state index is 0.0920. The van der Waals surface area contributed by atoms with Crippen LogP contribution in [0.1, 0.15) is 36.8 Å². The van der Waals surface area contributed by atoms with Crippen LogP contribution < -0.4 is 11.1 Å². The van der Waals surface area contributed by atoms with Crippen LogP contribution in [0.2, 0.25) is 0 Å². The summed E-state index contributed by atoms with van der Waals surface area (Å²) in [4.78, 5) is 14.7. The van der Waals surface area contributed by atoms with E-state index in [1.807, 2.05) is 19.1 Å². The molecule has 1 aromatic rings. The number of nitrogens with one attached hydrogen (secondary N) is 1. The van der Waals surface area contributed by atoms with E-state index in [1.54, 1.807) is 0 Å². The molecule has 2 aliphatic heterocycles. The molecule has 4 heteroatoms. The van der Waals surface area contributed by atoms with Gasteiger partial charge >= 0.3 is 0 Å². The molecule has 2 atom stereocenters. The summed E-state index contributed by atoms with van der Waals surface area (Å²) in [5.41, 5.74) is 9.34. The molecule has 1 aromatic carbocycles. The summed E-state index contributed by atoms with van der Waals surface area (Å²) in [6.07, 6.45) is 4.45. The lowest BCUT2D eigenvalue weighted by Gasteiger charge is -2.37. The van der Waals surface area contributed by atoms with Crippen molar-refractivity contribution in [2.24, 2.45) is 5.73 Å². The first kappa shape index (κ1) is 14.5. The molecule has 0 aromatic heterocycles. The van der Waals surface area contributed by atoms with Gasteiger partial charge in [-0.25, -0.2) is 0 Å². The fourth-order valence-electron chi connectivity index (χ4n) is 3.88. The van der Waals surface area contributed by atoms with Crippen LogP contribution in [0.4, 0.5) is 5.69 Å². The summed E-state index contributed by atoms with van der Waals surface area (Å²) in [6.45, 7) is 4.59. The molecule has 2 bridgehead atoms. The van der Waals surface area contributed by atoms with E-state index in [0.29, 0.717) is 24.7 Å². The Bertz CT molecular complexity index is 529. The molecule has 1 amide bonds. The highest BCUT2D eigenvalue weighted by molar-refractivity contribution is 5.93. The van der Waals surface area contributed by atoms with Crippen molar-refractivity contribution in [3.05, 3.63) is 29.3 Å². The Kier molecular flexibility index (Phi) is 4.00. The number of hydrogen-bond acceptors (Lipinski definition) is 3. The number of carbonyl (C=O) groups excluding carboxylic acids is 1. The highest BCUT2D eigenvalue weighted by atomic mass is 16.2. The second-order valence-electron chi connectivity index (χ2n) is 6.66. The van der Waals surface area contributed by atoms with E-state index in [-0.39, 0.29) is 5.91 Å². The standard InChI is InChI=1S/C17H25N3O/c1-11-3-6-16(12(2)7-11)19-17(21)10-20-14-4-5-15(20)9-13(18)8-14/h3,6-7,13-15H,4-5,8-10,18H2,1-2H3,(H,19,21). The number of hydrogen-bond donors (Lipinski definition) is 2. The Balaban J connectivity index is 1.62. The zero-order chi connectivity index (χ0) is 15.0. The van der Waals surface area contributed by atoms with Crippen molar-refractivity contribution in [2.45, 2.75) is 57.7 Å². The van der Waals surface area contributed by atoms with Gasteiger partial charge in [-0.15, -0.1) is 0 Å². The Morgan fingerprint density at radius 2 is 1.95 bits per heavy atom. The molecule has 0 spiro atoms. The van der Waals surface area contributed by atoms with Gasteiger partial charge in [0.1, 0.15) is 0 Å². The molecule has 3 N–H and O–H groups in total. The lowest BCUT2D eigenvalue weighted by Crippen LogP contribution is -2.49. The molecule has 0 saturated carbocycles. The van der Waals surface area contributed by atoms with Crippen LogP contribution in [0.5, 0.6) is 0 Å². The first-order valence-electron chi connectivity index (χ1n) is 7.91. The third-order valence-corrected chi connectivity index (χ3v) is 4.90. The SMILES string of the molecule is Cc1ccc(NC(=O)CN2C3CCC2CC(N)C3)c(C)c1. The van der Waals surface area contributed by atoms with E-state index in [2.05, 4.69) is 23.2 Å². The molecule has 3 rings (SSSR count). The molecule has 21 heavy (non-hydrogen) atoms. The predicted molar refractivity (Wildman–Crippen MR) is 85.3 cm³/mol. The Labute approximate surface area is 126 Å². The molecule has 2 fully saturated rings. The summed E-state index contributed by atoms with van der Waals surface area (Å²) in [7, 11) is 0. The van der Waals surface area contributed by atoms with E-state index in [4.69, 9.17) is 5.73 Å². The van der Waals surface area contributed by atoms with Crippen LogP contribution >= 0.6 is 0 Å². The first-order chi connectivity index (χ1) is 10.0. The minimum absolute atomic E-state index is 0.0920. The van der Waals surface area contributed by atoms with Gasteiger partial charge < -0.3 is 11.1 Å². The molecular weight excluding hydrogens is 262 g/mol. The molecule has 2 heterocycles. The number of aryl methyl sites for hydroxylation is 2. The zero-order valence-electron chi connectivity index (χ0n) is 12.9. The number of carbonyl (C=O) groups is 1. The van der Waals surface area contributed by atoms with Gasteiger partial charge in [0, 0.05) is 23.8 Å². The number of anilines is 1. The van der Waals surface area contributed by atoms with Gasteiger partial charge in [0.2, 0.25) is 5.91 Å². The average molecular weight is 287 g/mol. The fraction of sp³-hybridized carbons (Fsp3) is 0.588. The third-order valence-electron chi connectivity index (χ3n) is 4.90. The Morgan fingerprint density at radius 3 is 2.57 bits per heavy atom. The number of rotatable bonds is 3. The number of fused-ring (bicyclic) bond motifs is 2. The molecule has 114 valence electrons. The quantitative estimate of drug-likeness (QED) is 0.896. The van der Waals surface area contributed by atoms with E-state index >= 15 is 0 Å². The molecule has 0 radical (unpaired) electrons. The van der Waals surface area contributed by atoms with Crippen molar-refractivity contribution in [1.82, 2.24) is 4.90 Å². The van der Waals surface area contributed by atoms with Crippen molar-refractivity contribution in [2.75, 3.05) is 11.9 Å². The normalized spacial score (nSPS) is 28.6. The van der Waals surface area contributed by atoms with Crippen molar-refractivity contribution < 1.29 is 4.79 Å². The van der Waals surface area contributed by atoms with Crippen LogP contribution in [-0.4, -0.2) is 35.5 Å². The lowest BCUT2D eigenvalue weighted by atomic mass is 9.98. The number of nitrogens with zero attached hydrogens (tertiary/aromatic N) is 1. The highest BCUT2D eigenvalue weighted by Gasteiger charge is 2.40. The van der Waals surface area contributed by atoms with Crippen LogP contribution in [-0.2, 0) is 4.79 Å². The molecular formula is C17H25N3O. The smallest absolute Gasteiger partial charge is 0.238 e. The van der Waals surface area contributed by atoms with Crippen LogP contribution in [0, 0.1) is 13.8 Å². The van der Waals surface area contributed by atoms with E-state index in [0.717, 1.165) is 24.1 Å². The molecule has 2 unspecified atom stereocenters. The summed E-state index contributed by atoms with van der Waals surface area (Å²) in [5.74, 6) is 0.0920. The first-order valence-corrected chi connectivity index (χ1v) is 7.91. The number of nitrogens with two attached hydrogens (primary N) is 1. The maximum atomic E-state index is 12.3. The average Bonchev–Trinajstić information content (AvgIpc) is 2.66. The van der Waals surface area contributed by atoms with Crippen LogP contribution in [0.3, 0.4) is 0 Å². The number of piperidine rings is 1. The molecule has 0 aliphatic carbocycles. The maximum absolute atomic E-state index is 12.3. The van der Waals surface area contributed by atoms with Crippen molar-refractivity contribution >= 4 is 11.6 Å². The Morgan fingerprint density at radius 1 is 1.29 bits per heavy atom. The predicted octanol–water partition coefficient (Wildman–Crippen LogP) is 2.20. The topological polar surface area (TPSA) is 58.4 Å². The monoisotopic (exact) mass is 287 g/mol.